The molecule has 2 aromatic carbocycles. The molecule has 0 heterocycles. The molecule has 2 aromatic rings. The van der Waals surface area contributed by atoms with E-state index < -0.39 is 20.8 Å². The molecule has 0 aliphatic carbocycles. The van der Waals surface area contributed by atoms with Crippen molar-refractivity contribution >= 4 is 28.9 Å². The summed E-state index contributed by atoms with van der Waals surface area (Å²) in [7, 11) is 11.7. The van der Waals surface area contributed by atoms with E-state index >= 15 is 0 Å². The third-order valence-corrected chi connectivity index (χ3v) is 2.84. The zero-order valence-corrected chi connectivity index (χ0v) is 16.0. The predicted molar refractivity (Wildman–Crippen MR) is 89.6 cm³/mol. The number of hydrogen-bond acceptors (Lipinski definition) is 1. The van der Waals surface area contributed by atoms with Crippen molar-refractivity contribution in [2.45, 2.75) is 13.5 Å². The number of para-hydroxylation sites is 1. The first-order chi connectivity index (χ1) is 10.2. The summed E-state index contributed by atoms with van der Waals surface area (Å²) in [5.74, 6) is 0. The molecule has 0 fully saturated rings. The van der Waals surface area contributed by atoms with Crippen molar-refractivity contribution in [3.05, 3.63) is 70.5 Å². The van der Waals surface area contributed by atoms with Gasteiger partial charge in [0.2, 0.25) is 0 Å². The fraction of sp³-hybridized carbons (Fsp3) is 0.188. The molecule has 0 spiro atoms. The van der Waals surface area contributed by atoms with Gasteiger partial charge in [-0.1, -0.05) is 54.1 Å². The molecule has 110 valence electrons. The van der Waals surface area contributed by atoms with Crippen molar-refractivity contribution in [3.63, 3.8) is 0 Å². The van der Waals surface area contributed by atoms with E-state index in [9.17, 15) is 0 Å². The van der Waals surface area contributed by atoms with Gasteiger partial charge in [-0.3, -0.25) is 4.99 Å². The fourth-order valence-electron chi connectivity index (χ4n) is 1.92. The summed E-state index contributed by atoms with van der Waals surface area (Å²) in [6.45, 7) is 2.77. The van der Waals surface area contributed by atoms with Gasteiger partial charge in [-0.25, -0.2) is 0 Å². The van der Waals surface area contributed by atoms with Crippen LogP contribution >= 0.6 is 17.0 Å². The third-order valence-electron chi connectivity index (χ3n) is 2.84. The average molecular weight is 399 g/mol. The van der Waals surface area contributed by atoms with E-state index in [1.54, 1.807) is 0 Å². The Balaban J connectivity index is 0.000000677. The molecule has 0 aromatic heterocycles. The standard InChI is InChI=1S/C16H17N2.2ClH.Zr/c1-13-7-6-10-15(16(13)17-2)12-18-11-14-8-4-3-5-9-14;;;/h3-10,12H,11H2,1-2H3;2*1H;/q-1;;;+2/p-2. The van der Waals surface area contributed by atoms with E-state index in [4.69, 9.17) is 17.0 Å². The molecule has 0 bridgehead atoms. The van der Waals surface area contributed by atoms with Gasteiger partial charge in [0.15, 0.2) is 0 Å². The van der Waals surface area contributed by atoms with Crippen LogP contribution in [-0.4, -0.2) is 13.3 Å². The summed E-state index contributed by atoms with van der Waals surface area (Å²) in [6, 6.07) is 16.4. The first kappa shape index (κ1) is 18.4. The molecular weight excluding hydrogens is 382 g/mol. The van der Waals surface area contributed by atoms with Crippen LogP contribution in [0.2, 0.25) is 0 Å². The van der Waals surface area contributed by atoms with E-state index in [1.165, 1.54) is 11.1 Å². The van der Waals surface area contributed by atoms with Gasteiger partial charge in [-0.05, 0) is 18.1 Å². The zero-order chi connectivity index (χ0) is 15.5. The van der Waals surface area contributed by atoms with Crippen molar-refractivity contribution in [3.8, 4) is 0 Å². The molecule has 0 saturated heterocycles. The monoisotopic (exact) mass is 397 g/mol. The van der Waals surface area contributed by atoms with Crippen LogP contribution in [0.3, 0.4) is 0 Å². The maximum atomic E-state index is 4.93. The van der Waals surface area contributed by atoms with Crippen molar-refractivity contribution in [2.24, 2.45) is 4.99 Å². The van der Waals surface area contributed by atoms with Crippen LogP contribution in [0.5, 0.6) is 0 Å². The third kappa shape index (κ3) is 6.78. The number of aryl methyl sites for hydroxylation is 1. The molecule has 0 atom stereocenters. The molecule has 0 amide bonds. The molecule has 2 rings (SSSR count). The van der Waals surface area contributed by atoms with Crippen LogP contribution < -0.4 is 0 Å². The van der Waals surface area contributed by atoms with Crippen LogP contribution in [0, 0.1) is 6.92 Å². The average Bonchev–Trinajstić information content (AvgIpc) is 2.49. The molecule has 0 aliphatic heterocycles. The molecule has 2 nitrogen and oxygen atoms in total. The Kier molecular flexibility index (Phi) is 9.66. The van der Waals surface area contributed by atoms with Gasteiger partial charge in [0.1, 0.15) is 0 Å². The number of benzene rings is 2. The minimum atomic E-state index is -0.826. The van der Waals surface area contributed by atoms with Gasteiger partial charge < -0.3 is 5.32 Å². The van der Waals surface area contributed by atoms with E-state index in [2.05, 4.69) is 35.4 Å². The van der Waals surface area contributed by atoms with Gasteiger partial charge >= 0.3 is 37.9 Å². The fourth-order valence-corrected chi connectivity index (χ4v) is 1.92. The quantitative estimate of drug-likeness (QED) is 0.596. The Hall–Kier alpha value is -0.627. The van der Waals surface area contributed by atoms with Crippen molar-refractivity contribution < 1.29 is 20.8 Å². The second-order valence-electron chi connectivity index (χ2n) is 4.26. The first-order valence-electron chi connectivity index (χ1n) is 6.42. The van der Waals surface area contributed by atoms with Crippen molar-refractivity contribution in [1.82, 2.24) is 0 Å². The Bertz CT molecular complexity index is 559. The molecule has 0 N–H and O–H groups in total. The van der Waals surface area contributed by atoms with Gasteiger partial charge in [-0.2, -0.15) is 0 Å². The minimum absolute atomic E-state index is 0.706. The predicted octanol–water partition coefficient (Wildman–Crippen LogP) is 5.63. The Morgan fingerprint density at radius 3 is 2.38 bits per heavy atom. The molecule has 21 heavy (non-hydrogen) atoms. The van der Waals surface area contributed by atoms with Crippen molar-refractivity contribution in [2.75, 3.05) is 7.05 Å². The van der Waals surface area contributed by atoms with Crippen molar-refractivity contribution in [1.29, 1.82) is 0 Å². The number of rotatable bonds is 4. The summed E-state index contributed by atoms with van der Waals surface area (Å²) in [6.07, 6.45) is 1.91. The second-order valence-corrected chi connectivity index (χ2v) is 7.99. The second kappa shape index (κ2) is 11.0. The van der Waals surface area contributed by atoms with E-state index in [0.717, 1.165) is 11.3 Å². The number of nitrogens with zero attached hydrogens (tertiary/aromatic N) is 2. The van der Waals surface area contributed by atoms with Gasteiger partial charge in [-0.15, -0.1) is 12.7 Å². The van der Waals surface area contributed by atoms with Crippen LogP contribution in [0.1, 0.15) is 16.7 Å². The molecule has 0 unspecified atom stereocenters. The van der Waals surface area contributed by atoms with Crippen LogP contribution in [-0.2, 0) is 27.4 Å². The zero-order valence-electron chi connectivity index (χ0n) is 12.1. The van der Waals surface area contributed by atoms with Gasteiger partial charge in [0.25, 0.3) is 0 Å². The normalized spacial score (nSPS) is 9.90. The van der Waals surface area contributed by atoms with E-state index in [-0.39, 0.29) is 0 Å². The number of halogens is 2. The molecular formula is C16H17Cl2N2Zr-. The van der Waals surface area contributed by atoms with Gasteiger partial charge in [0, 0.05) is 6.21 Å². The summed E-state index contributed by atoms with van der Waals surface area (Å²) in [5, 5.41) is 4.30. The Morgan fingerprint density at radius 2 is 1.76 bits per heavy atom. The van der Waals surface area contributed by atoms with E-state index in [1.807, 2.05) is 43.6 Å². The molecule has 0 radical (unpaired) electrons. The number of hydrogen-bond donors (Lipinski definition) is 0. The first-order valence-corrected chi connectivity index (χ1v) is 12.8. The summed E-state index contributed by atoms with van der Waals surface area (Å²) >= 11 is -0.826. The summed E-state index contributed by atoms with van der Waals surface area (Å²) < 4.78 is 0. The Morgan fingerprint density at radius 1 is 1.10 bits per heavy atom. The van der Waals surface area contributed by atoms with Crippen LogP contribution in [0.15, 0.2) is 53.5 Å². The summed E-state index contributed by atoms with van der Waals surface area (Å²) in [4.78, 5) is 4.48. The Labute approximate surface area is 145 Å². The number of aliphatic imine (C=N–C) groups is 1. The summed E-state index contributed by atoms with van der Waals surface area (Å²) in [5.41, 5.74) is 4.50. The topological polar surface area (TPSA) is 26.5 Å². The molecule has 0 aliphatic rings. The van der Waals surface area contributed by atoms with E-state index in [0.29, 0.717) is 6.54 Å². The maximum absolute atomic E-state index is 4.93. The van der Waals surface area contributed by atoms with Crippen LogP contribution in [0.25, 0.3) is 5.32 Å². The van der Waals surface area contributed by atoms with Crippen LogP contribution in [0.4, 0.5) is 5.69 Å². The molecule has 5 heteroatoms. The molecule has 0 saturated carbocycles. The van der Waals surface area contributed by atoms with Gasteiger partial charge in [0.05, 0.1) is 6.54 Å². The SMILES string of the molecule is C[N-]c1c(C)cccc1C=NCc1ccccc1.[Cl][Zr][Cl].